The molecule has 1 aliphatic rings. The number of piperidine rings is 1. The zero-order chi connectivity index (χ0) is 26.7. The van der Waals surface area contributed by atoms with Gasteiger partial charge in [0, 0.05) is 0 Å². The number of Topliss-reactive ketones (excluding diaryl/α,β-unsaturated/α-hetero) is 1. The molecule has 37 heavy (non-hydrogen) atoms. The van der Waals surface area contributed by atoms with Gasteiger partial charge in [-0.15, -0.1) is 0 Å². The Balaban J connectivity index is 1.81. The summed E-state index contributed by atoms with van der Waals surface area (Å²) in [5.74, 6) is -1.21. The summed E-state index contributed by atoms with van der Waals surface area (Å²) in [6, 6.07) is 14.5. The van der Waals surface area contributed by atoms with Crippen LogP contribution in [0.5, 0.6) is 0 Å². The Labute approximate surface area is 215 Å². The fourth-order valence-corrected chi connectivity index (χ4v) is 5.02. The van der Waals surface area contributed by atoms with Gasteiger partial charge in [0.25, 0.3) is 5.56 Å². The highest BCUT2D eigenvalue weighted by Gasteiger charge is 2.31. The van der Waals surface area contributed by atoms with E-state index in [1.807, 2.05) is 62.4 Å². The summed E-state index contributed by atoms with van der Waals surface area (Å²) in [5.41, 5.74) is 14.0. The fourth-order valence-electron chi connectivity index (χ4n) is 5.02. The number of nitrogens with zero attached hydrogens (tertiary/aromatic N) is 3. The topological polar surface area (TPSA) is 133 Å². The second kappa shape index (κ2) is 11.0. The summed E-state index contributed by atoms with van der Waals surface area (Å²) in [4.78, 5) is 54.4. The van der Waals surface area contributed by atoms with Gasteiger partial charge in [-0.05, 0) is 44.4 Å². The van der Waals surface area contributed by atoms with Gasteiger partial charge in [0.2, 0.25) is 5.91 Å². The SMILES string of the molecule is Cc1cccc(Cn2c(N)c(C(=O)CN3CCCCC3C(N)=O)c(=O)n(Cc3cccc(C)c3)c2=O)c1. The zero-order valence-corrected chi connectivity index (χ0v) is 21.3. The van der Waals surface area contributed by atoms with E-state index >= 15 is 0 Å². The van der Waals surface area contributed by atoms with Crippen molar-refractivity contribution in [3.05, 3.63) is 97.2 Å². The van der Waals surface area contributed by atoms with Crippen molar-refractivity contribution in [3.63, 3.8) is 0 Å². The average molecular weight is 504 g/mol. The number of benzene rings is 2. The first-order valence-corrected chi connectivity index (χ1v) is 12.5. The highest BCUT2D eigenvalue weighted by Crippen LogP contribution is 2.18. The number of aryl methyl sites for hydroxylation is 2. The molecule has 194 valence electrons. The molecule has 9 heteroatoms. The molecule has 2 heterocycles. The van der Waals surface area contributed by atoms with E-state index in [4.69, 9.17) is 11.5 Å². The maximum absolute atomic E-state index is 13.6. The zero-order valence-electron chi connectivity index (χ0n) is 21.3. The van der Waals surface area contributed by atoms with Crippen LogP contribution >= 0.6 is 0 Å². The molecule has 0 spiro atoms. The Bertz CT molecular complexity index is 1460. The molecule has 2 aromatic carbocycles. The monoisotopic (exact) mass is 503 g/mol. The molecule has 1 amide bonds. The summed E-state index contributed by atoms with van der Waals surface area (Å²) in [6.45, 7) is 4.31. The summed E-state index contributed by atoms with van der Waals surface area (Å²) < 4.78 is 2.34. The molecular weight excluding hydrogens is 470 g/mol. The fraction of sp³-hybridized carbons (Fsp3) is 0.357. The number of amides is 1. The number of nitrogens with two attached hydrogens (primary N) is 2. The van der Waals surface area contributed by atoms with Crippen LogP contribution in [0.15, 0.2) is 58.1 Å². The van der Waals surface area contributed by atoms with Crippen LogP contribution < -0.4 is 22.7 Å². The predicted molar refractivity (Wildman–Crippen MR) is 143 cm³/mol. The second-order valence-corrected chi connectivity index (χ2v) is 9.81. The largest absolute Gasteiger partial charge is 0.384 e. The standard InChI is InChI=1S/C28H33N5O4/c1-18-7-5-9-20(13-18)15-32-25(29)24(23(34)17-31-12-4-3-11-22(31)26(30)35)27(36)33(28(32)37)16-21-10-6-8-19(2)14-21/h5-10,13-14,22H,3-4,11-12,15-17,29H2,1-2H3,(H2,30,35). The van der Waals surface area contributed by atoms with Crippen LogP contribution in [0.4, 0.5) is 5.82 Å². The predicted octanol–water partition coefficient (Wildman–Crippen LogP) is 1.83. The number of likely N-dealkylation sites (tertiary alicyclic amines) is 1. The Morgan fingerprint density at radius 3 is 2.08 bits per heavy atom. The van der Waals surface area contributed by atoms with Crippen molar-refractivity contribution in [2.45, 2.75) is 52.2 Å². The van der Waals surface area contributed by atoms with Gasteiger partial charge in [-0.1, -0.05) is 66.1 Å². The lowest BCUT2D eigenvalue weighted by molar-refractivity contribution is -0.124. The van der Waals surface area contributed by atoms with Crippen LogP contribution in [0.2, 0.25) is 0 Å². The molecule has 0 radical (unpaired) electrons. The first kappa shape index (κ1) is 26.1. The minimum atomic E-state index is -0.734. The lowest BCUT2D eigenvalue weighted by Crippen LogP contribution is -2.51. The summed E-state index contributed by atoms with van der Waals surface area (Å²) >= 11 is 0. The summed E-state index contributed by atoms with van der Waals surface area (Å²) in [7, 11) is 0. The molecule has 1 saturated heterocycles. The molecule has 1 aromatic heterocycles. The van der Waals surface area contributed by atoms with E-state index in [0.717, 1.165) is 39.7 Å². The van der Waals surface area contributed by atoms with Crippen LogP contribution in [0, 0.1) is 13.8 Å². The lowest BCUT2D eigenvalue weighted by atomic mass is 10.0. The number of carbonyl (C=O) groups excluding carboxylic acids is 2. The average Bonchev–Trinajstić information content (AvgIpc) is 2.85. The molecule has 0 aliphatic carbocycles. The van der Waals surface area contributed by atoms with Crippen molar-refractivity contribution < 1.29 is 9.59 Å². The van der Waals surface area contributed by atoms with Crippen LogP contribution in [0.3, 0.4) is 0 Å². The maximum Gasteiger partial charge on any atom is 0.333 e. The quantitative estimate of drug-likeness (QED) is 0.451. The van der Waals surface area contributed by atoms with Crippen LogP contribution in [0.1, 0.15) is 51.9 Å². The van der Waals surface area contributed by atoms with Gasteiger partial charge >= 0.3 is 5.69 Å². The van der Waals surface area contributed by atoms with Crippen molar-refractivity contribution in [1.82, 2.24) is 14.0 Å². The van der Waals surface area contributed by atoms with Crippen molar-refractivity contribution in [2.75, 3.05) is 18.8 Å². The van der Waals surface area contributed by atoms with Gasteiger partial charge in [-0.25, -0.2) is 4.79 Å². The van der Waals surface area contributed by atoms with Crippen molar-refractivity contribution in [2.24, 2.45) is 5.73 Å². The van der Waals surface area contributed by atoms with Gasteiger partial charge in [-0.3, -0.25) is 28.4 Å². The molecular formula is C28H33N5O4. The first-order chi connectivity index (χ1) is 17.7. The molecule has 4 rings (SSSR count). The van der Waals surface area contributed by atoms with E-state index in [-0.39, 0.29) is 31.0 Å². The molecule has 1 fully saturated rings. The minimum absolute atomic E-state index is 0.00134. The van der Waals surface area contributed by atoms with E-state index in [2.05, 4.69) is 0 Å². The number of hydrogen-bond donors (Lipinski definition) is 2. The van der Waals surface area contributed by atoms with Gasteiger partial charge in [-0.2, -0.15) is 0 Å². The number of primary amides is 1. The van der Waals surface area contributed by atoms with Gasteiger partial charge in [0.1, 0.15) is 11.4 Å². The van der Waals surface area contributed by atoms with Crippen molar-refractivity contribution in [3.8, 4) is 0 Å². The molecule has 0 bridgehead atoms. The number of carbonyl (C=O) groups is 2. The van der Waals surface area contributed by atoms with Crippen LogP contribution in [0.25, 0.3) is 0 Å². The Kier molecular flexibility index (Phi) is 7.73. The highest BCUT2D eigenvalue weighted by molar-refractivity contribution is 6.01. The number of hydrogen-bond acceptors (Lipinski definition) is 6. The second-order valence-electron chi connectivity index (χ2n) is 9.81. The van der Waals surface area contributed by atoms with E-state index in [0.29, 0.717) is 13.0 Å². The molecule has 0 saturated carbocycles. The molecule has 3 aromatic rings. The Morgan fingerprint density at radius 1 is 0.919 bits per heavy atom. The number of nitrogen functional groups attached to an aromatic ring is 1. The molecule has 1 atom stereocenters. The third-order valence-corrected chi connectivity index (χ3v) is 6.88. The Morgan fingerprint density at radius 2 is 1.51 bits per heavy atom. The van der Waals surface area contributed by atoms with Crippen LogP contribution in [-0.2, 0) is 17.9 Å². The number of ketones is 1. The van der Waals surface area contributed by atoms with E-state index < -0.39 is 29.0 Å². The Hall–Kier alpha value is -3.98. The van der Waals surface area contributed by atoms with Gasteiger partial charge < -0.3 is 11.5 Å². The number of rotatable bonds is 8. The molecule has 4 N–H and O–H groups in total. The third-order valence-electron chi connectivity index (χ3n) is 6.88. The van der Waals surface area contributed by atoms with E-state index in [1.54, 1.807) is 4.90 Å². The van der Waals surface area contributed by atoms with E-state index in [9.17, 15) is 19.2 Å². The smallest absolute Gasteiger partial charge is 0.333 e. The number of aromatic nitrogens is 2. The summed E-state index contributed by atoms with van der Waals surface area (Å²) in [6.07, 6.45) is 2.21. The molecule has 1 aliphatic heterocycles. The molecule has 9 nitrogen and oxygen atoms in total. The van der Waals surface area contributed by atoms with Crippen molar-refractivity contribution >= 4 is 17.5 Å². The van der Waals surface area contributed by atoms with Gasteiger partial charge in [0.05, 0.1) is 25.7 Å². The summed E-state index contributed by atoms with van der Waals surface area (Å²) in [5, 5.41) is 0. The van der Waals surface area contributed by atoms with Crippen LogP contribution in [-0.4, -0.2) is 44.9 Å². The van der Waals surface area contributed by atoms with Gasteiger partial charge in [0.15, 0.2) is 5.78 Å². The lowest BCUT2D eigenvalue weighted by Gasteiger charge is -2.33. The normalized spacial score (nSPS) is 16.0. The minimum Gasteiger partial charge on any atom is -0.384 e. The molecule has 1 unspecified atom stereocenters. The van der Waals surface area contributed by atoms with Crippen molar-refractivity contribution in [1.29, 1.82) is 0 Å². The highest BCUT2D eigenvalue weighted by atomic mass is 16.2. The van der Waals surface area contributed by atoms with E-state index in [1.165, 1.54) is 4.57 Å². The first-order valence-electron chi connectivity index (χ1n) is 12.5. The number of anilines is 1. The maximum atomic E-state index is 13.6. The third kappa shape index (κ3) is 5.72.